The lowest BCUT2D eigenvalue weighted by molar-refractivity contribution is 0.479. The molecule has 1 aromatic carbocycles. The molecule has 0 aliphatic heterocycles. The third kappa shape index (κ3) is 1.28. The van der Waals surface area contributed by atoms with Gasteiger partial charge in [0.1, 0.15) is 5.75 Å². The molecule has 4 heteroatoms. The van der Waals surface area contributed by atoms with Gasteiger partial charge in [0, 0.05) is 15.8 Å². The van der Waals surface area contributed by atoms with E-state index < -0.39 is 0 Å². The second kappa shape index (κ2) is 3.20. The number of thiophene rings is 1. The van der Waals surface area contributed by atoms with E-state index in [9.17, 15) is 5.11 Å². The van der Waals surface area contributed by atoms with Crippen molar-refractivity contribution in [3.63, 3.8) is 0 Å². The van der Waals surface area contributed by atoms with E-state index in [4.69, 9.17) is 11.0 Å². The monoisotopic (exact) mass is 204 g/mol. The number of rotatable bonds is 1. The number of nitrogens with zero attached hydrogens (tertiary/aromatic N) is 1. The second-order valence-corrected chi connectivity index (χ2v) is 4.10. The van der Waals surface area contributed by atoms with Crippen molar-refractivity contribution in [2.75, 3.05) is 5.73 Å². The molecule has 1 aromatic heterocycles. The smallest absolute Gasteiger partial charge is 0.138 e. The molecule has 3 N–H and O–H groups in total. The predicted molar refractivity (Wildman–Crippen MR) is 57.2 cm³/mol. The first-order chi connectivity index (χ1) is 6.72. The Balaban J connectivity index is 2.69. The molecule has 0 radical (unpaired) electrons. The lowest BCUT2D eigenvalue weighted by Gasteiger charge is -1.93. The molecule has 0 amide bonds. The average molecular weight is 204 g/mol. The number of nitrogen functional groups attached to an aromatic ring is 1. The number of aromatic hydroxyl groups is 1. The highest BCUT2D eigenvalue weighted by Gasteiger charge is 2.10. The number of benzene rings is 1. The molecule has 0 fully saturated rings. The molecule has 70 valence electrons. The van der Waals surface area contributed by atoms with Gasteiger partial charge in [-0.1, -0.05) is 0 Å². The molecule has 14 heavy (non-hydrogen) atoms. The average Bonchev–Trinajstić information content (AvgIpc) is 2.46. The van der Waals surface area contributed by atoms with Gasteiger partial charge >= 0.3 is 0 Å². The van der Waals surface area contributed by atoms with Crippen LogP contribution in [0.1, 0.15) is 4.88 Å². The maximum atomic E-state index is 9.75. The van der Waals surface area contributed by atoms with E-state index >= 15 is 0 Å². The molecule has 0 aliphatic carbocycles. The molecule has 3 nitrogen and oxygen atoms in total. The Labute approximate surface area is 85.0 Å². The molecule has 1 heterocycles. The molecular weight excluding hydrogens is 196 g/mol. The molecule has 2 rings (SSSR count). The molecule has 0 aliphatic rings. The summed E-state index contributed by atoms with van der Waals surface area (Å²) >= 11 is 1.43. The third-order valence-electron chi connectivity index (χ3n) is 2.00. The Kier molecular flexibility index (Phi) is 2.02. The number of nitriles is 1. The van der Waals surface area contributed by atoms with Crippen molar-refractivity contribution in [3.05, 3.63) is 23.1 Å². The van der Waals surface area contributed by atoms with Crippen LogP contribution in [0.2, 0.25) is 0 Å². The Morgan fingerprint density at radius 2 is 2.29 bits per heavy atom. The van der Waals surface area contributed by atoms with Gasteiger partial charge in [-0.15, -0.1) is 11.3 Å². The second-order valence-electron chi connectivity index (χ2n) is 2.96. The lowest BCUT2D eigenvalue weighted by atomic mass is 10.2. The summed E-state index contributed by atoms with van der Waals surface area (Å²) in [5.74, 6) is 0.193. The molecule has 0 saturated carbocycles. The standard InChI is InChI=1S/C10H8N2OS/c11-4-3-9-10(13)7-5-6(12)1-2-8(7)14-9/h1-2,5,13H,3,12H2. The SMILES string of the molecule is N#CCc1sc2ccc(N)cc2c1O. The number of hydrogen-bond acceptors (Lipinski definition) is 4. The Hall–Kier alpha value is -1.73. The van der Waals surface area contributed by atoms with Crippen molar-refractivity contribution in [3.8, 4) is 11.8 Å². The van der Waals surface area contributed by atoms with E-state index in [1.807, 2.05) is 12.1 Å². The zero-order valence-electron chi connectivity index (χ0n) is 7.32. The number of anilines is 1. The van der Waals surface area contributed by atoms with Gasteiger partial charge in [0.15, 0.2) is 0 Å². The number of fused-ring (bicyclic) bond motifs is 1. The van der Waals surface area contributed by atoms with Crippen LogP contribution < -0.4 is 5.73 Å². The van der Waals surface area contributed by atoms with Gasteiger partial charge in [0.25, 0.3) is 0 Å². The molecule has 2 aromatic rings. The van der Waals surface area contributed by atoms with Crippen molar-refractivity contribution < 1.29 is 5.11 Å². The van der Waals surface area contributed by atoms with Gasteiger partial charge in [0.05, 0.1) is 17.4 Å². The first-order valence-electron chi connectivity index (χ1n) is 4.09. The maximum absolute atomic E-state index is 9.75. The highest BCUT2D eigenvalue weighted by molar-refractivity contribution is 7.19. The van der Waals surface area contributed by atoms with Gasteiger partial charge in [-0.3, -0.25) is 0 Å². The molecule has 0 saturated heterocycles. The fourth-order valence-corrected chi connectivity index (χ4v) is 2.35. The minimum absolute atomic E-state index is 0.193. The van der Waals surface area contributed by atoms with Crippen LogP contribution in [-0.4, -0.2) is 5.11 Å². The van der Waals surface area contributed by atoms with Crippen molar-refractivity contribution in [2.45, 2.75) is 6.42 Å². The van der Waals surface area contributed by atoms with Crippen LogP contribution in [-0.2, 0) is 6.42 Å². The summed E-state index contributed by atoms with van der Waals surface area (Å²) in [6, 6.07) is 7.39. The Bertz CT molecular complexity index is 525. The maximum Gasteiger partial charge on any atom is 0.138 e. The molecule has 0 unspecified atom stereocenters. The van der Waals surface area contributed by atoms with Crippen molar-refractivity contribution in [1.29, 1.82) is 5.26 Å². The lowest BCUT2D eigenvalue weighted by Crippen LogP contribution is -1.81. The summed E-state index contributed by atoms with van der Waals surface area (Å²) in [5.41, 5.74) is 6.22. The largest absolute Gasteiger partial charge is 0.506 e. The predicted octanol–water partition coefficient (Wildman–Crippen LogP) is 2.26. The summed E-state index contributed by atoms with van der Waals surface area (Å²) in [6.07, 6.45) is 0.241. The fraction of sp³-hybridized carbons (Fsp3) is 0.100. The van der Waals surface area contributed by atoms with Crippen molar-refractivity contribution in [1.82, 2.24) is 0 Å². The van der Waals surface area contributed by atoms with E-state index in [1.54, 1.807) is 12.1 Å². The van der Waals surface area contributed by atoms with E-state index in [0.29, 0.717) is 10.6 Å². The van der Waals surface area contributed by atoms with Crippen LogP contribution in [0.4, 0.5) is 5.69 Å². The highest BCUT2D eigenvalue weighted by atomic mass is 32.1. The summed E-state index contributed by atoms with van der Waals surface area (Å²) < 4.78 is 0.960. The summed E-state index contributed by atoms with van der Waals surface area (Å²) in [5, 5.41) is 19.0. The van der Waals surface area contributed by atoms with Crippen molar-refractivity contribution in [2.24, 2.45) is 0 Å². The molecule has 0 bridgehead atoms. The van der Waals surface area contributed by atoms with Crippen LogP contribution in [0.15, 0.2) is 18.2 Å². The van der Waals surface area contributed by atoms with E-state index in [2.05, 4.69) is 0 Å². The normalized spacial score (nSPS) is 10.2. The van der Waals surface area contributed by atoms with Crippen LogP contribution in [0.25, 0.3) is 10.1 Å². The van der Waals surface area contributed by atoms with Crippen molar-refractivity contribution >= 4 is 27.1 Å². The quantitative estimate of drug-likeness (QED) is 0.700. The fourth-order valence-electron chi connectivity index (χ4n) is 1.34. The van der Waals surface area contributed by atoms with Gasteiger partial charge in [-0.05, 0) is 18.2 Å². The van der Waals surface area contributed by atoms with Gasteiger partial charge in [-0.2, -0.15) is 5.26 Å². The minimum Gasteiger partial charge on any atom is -0.506 e. The van der Waals surface area contributed by atoms with Gasteiger partial charge in [0.2, 0.25) is 0 Å². The summed E-state index contributed by atoms with van der Waals surface area (Å²) in [4.78, 5) is 0.702. The van der Waals surface area contributed by atoms with Crippen LogP contribution in [0, 0.1) is 11.3 Å². The third-order valence-corrected chi connectivity index (χ3v) is 3.16. The summed E-state index contributed by atoms with van der Waals surface area (Å²) in [7, 11) is 0. The number of nitrogens with two attached hydrogens (primary N) is 1. The van der Waals surface area contributed by atoms with E-state index in [-0.39, 0.29) is 12.2 Å². The molecule has 0 spiro atoms. The van der Waals surface area contributed by atoms with E-state index in [1.165, 1.54) is 11.3 Å². The zero-order valence-corrected chi connectivity index (χ0v) is 8.14. The Morgan fingerprint density at radius 3 is 3.00 bits per heavy atom. The van der Waals surface area contributed by atoms with Gasteiger partial charge in [-0.25, -0.2) is 0 Å². The van der Waals surface area contributed by atoms with Crippen LogP contribution in [0.5, 0.6) is 5.75 Å². The zero-order chi connectivity index (χ0) is 10.1. The minimum atomic E-state index is 0.193. The van der Waals surface area contributed by atoms with E-state index in [0.717, 1.165) is 10.1 Å². The molecule has 0 atom stereocenters. The number of hydrogen-bond donors (Lipinski definition) is 2. The van der Waals surface area contributed by atoms with Crippen LogP contribution >= 0.6 is 11.3 Å². The Morgan fingerprint density at radius 1 is 1.50 bits per heavy atom. The molecular formula is C10H8N2OS. The summed E-state index contributed by atoms with van der Waals surface area (Å²) in [6.45, 7) is 0. The van der Waals surface area contributed by atoms with Crippen LogP contribution in [0.3, 0.4) is 0 Å². The van der Waals surface area contributed by atoms with Gasteiger partial charge < -0.3 is 10.8 Å². The topological polar surface area (TPSA) is 70.0 Å². The highest BCUT2D eigenvalue weighted by Crippen LogP contribution is 2.37. The first kappa shape index (κ1) is 8.85. The first-order valence-corrected chi connectivity index (χ1v) is 4.91.